The van der Waals surface area contributed by atoms with Crippen molar-refractivity contribution in [1.29, 1.82) is 0 Å². The van der Waals surface area contributed by atoms with Crippen LogP contribution in [-0.2, 0) is 0 Å². The van der Waals surface area contributed by atoms with E-state index in [1.807, 2.05) is 55.5 Å². The van der Waals surface area contributed by atoms with E-state index in [1.165, 1.54) is 10.1 Å². The Kier molecular flexibility index (Phi) is 2.69. The lowest BCUT2D eigenvalue weighted by molar-refractivity contribution is 0.459. The number of aryl methyl sites for hydroxylation is 1. The number of nitrogen functional groups attached to an aromatic ring is 1. The number of ether oxygens (including phenoxy) is 1. The van der Waals surface area contributed by atoms with Crippen LogP contribution in [-0.4, -0.2) is 19.8 Å². The Hall–Kier alpha value is -3.15. The minimum Gasteiger partial charge on any atom is -0.437 e. The fourth-order valence-corrected chi connectivity index (χ4v) is 2.36. The third-order valence-corrected chi connectivity index (χ3v) is 3.49. The zero-order valence-corrected chi connectivity index (χ0v) is 11.9. The number of nitrogens with two attached hydrogens (primary N) is 1. The zero-order valence-electron chi connectivity index (χ0n) is 11.9. The lowest BCUT2D eigenvalue weighted by atomic mass is 10.2. The van der Waals surface area contributed by atoms with Crippen molar-refractivity contribution in [2.24, 2.45) is 0 Å². The van der Waals surface area contributed by atoms with E-state index in [2.05, 4.69) is 15.3 Å². The number of fused-ring (bicyclic) bond motifs is 3. The van der Waals surface area contributed by atoms with Gasteiger partial charge in [0.1, 0.15) is 5.75 Å². The molecule has 0 unspecified atom stereocenters. The molecule has 6 nitrogen and oxygen atoms in total. The summed E-state index contributed by atoms with van der Waals surface area (Å²) >= 11 is 0. The van der Waals surface area contributed by atoms with E-state index in [4.69, 9.17) is 10.5 Å². The summed E-state index contributed by atoms with van der Waals surface area (Å²) in [7, 11) is 0. The molecule has 2 aromatic heterocycles. The van der Waals surface area contributed by atoms with Crippen LogP contribution < -0.4 is 10.5 Å². The number of aromatic nitrogens is 4. The standard InChI is InChI=1S/C16H13N5O/c1-10-6-8-11(9-7-10)22-15-13-5-3-2-4-12(13)14-18-19-16(17)21(14)20-15/h2-9H,1H3,(H2,17,19). The molecule has 22 heavy (non-hydrogen) atoms. The summed E-state index contributed by atoms with van der Waals surface area (Å²) in [6.07, 6.45) is 0. The van der Waals surface area contributed by atoms with Crippen LogP contribution in [0.4, 0.5) is 5.95 Å². The smallest absolute Gasteiger partial charge is 0.245 e. The summed E-state index contributed by atoms with van der Waals surface area (Å²) in [5.74, 6) is 1.42. The molecule has 0 aliphatic carbocycles. The molecule has 2 heterocycles. The second-order valence-electron chi connectivity index (χ2n) is 5.06. The van der Waals surface area contributed by atoms with Crippen molar-refractivity contribution in [3.8, 4) is 11.6 Å². The number of hydrogen-bond donors (Lipinski definition) is 1. The van der Waals surface area contributed by atoms with Gasteiger partial charge < -0.3 is 10.5 Å². The Morgan fingerprint density at radius 2 is 1.68 bits per heavy atom. The highest BCUT2D eigenvalue weighted by Crippen LogP contribution is 2.30. The monoisotopic (exact) mass is 291 g/mol. The molecule has 0 bridgehead atoms. The first kappa shape index (κ1) is 12.6. The van der Waals surface area contributed by atoms with E-state index in [0.717, 1.165) is 10.8 Å². The van der Waals surface area contributed by atoms with Crippen LogP contribution in [0.25, 0.3) is 16.4 Å². The fraction of sp³-hybridized carbons (Fsp3) is 0.0625. The minimum atomic E-state index is 0.231. The molecule has 0 fully saturated rings. The molecular weight excluding hydrogens is 278 g/mol. The molecule has 0 atom stereocenters. The van der Waals surface area contributed by atoms with E-state index in [0.29, 0.717) is 17.3 Å². The molecule has 0 radical (unpaired) electrons. The molecular formula is C16H13N5O. The molecule has 0 amide bonds. The van der Waals surface area contributed by atoms with Gasteiger partial charge in [-0.05, 0) is 25.1 Å². The van der Waals surface area contributed by atoms with Crippen molar-refractivity contribution in [2.45, 2.75) is 6.92 Å². The van der Waals surface area contributed by atoms with Crippen molar-refractivity contribution in [3.63, 3.8) is 0 Å². The van der Waals surface area contributed by atoms with E-state index in [1.54, 1.807) is 0 Å². The van der Waals surface area contributed by atoms with Crippen LogP contribution in [0.1, 0.15) is 5.56 Å². The Balaban J connectivity index is 1.94. The number of anilines is 1. The maximum absolute atomic E-state index is 5.94. The van der Waals surface area contributed by atoms with E-state index in [9.17, 15) is 0 Å². The first-order valence-electron chi connectivity index (χ1n) is 6.86. The van der Waals surface area contributed by atoms with Gasteiger partial charge in [0.05, 0.1) is 0 Å². The Bertz CT molecular complexity index is 975. The second-order valence-corrected chi connectivity index (χ2v) is 5.06. The fourth-order valence-electron chi connectivity index (χ4n) is 2.36. The first-order chi connectivity index (χ1) is 10.7. The van der Waals surface area contributed by atoms with E-state index >= 15 is 0 Å². The molecule has 0 aliphatic rings. The van der Waals surface area contributed by atoms with Gasteiger partial charge in [0.2, 0.25) is 11.8 Å². The van der Waals surface area contributed by atoms with Gasteiger partial charge >= 0.3 is 0 Å². The molecule has 0 saturated heterocycles. The number of hydrogen-bond acceptors (Lipinski definition) is 5. The van der Waals surface area contributed by atoms with Gasteiger partial charge in [0.25, 0.3) is 0 Å². The maximum atomic E-state index is 5.94. The van der Waals surface area contributed by atoms with Gasteiger partial charge in [0.15, 0.2) is 5.65 Å². The molecule has 2 aromatic carbocycles. The molecule has 0 saturated carbocycles. The summed E-state index contributed by atoms with van der Waals surface area (Å²) < 4.78 is 7.43. The quantitative estimate of drug-likeness (QED) is 0.614. The van der Waals surface area contributed by atoms with E-state index < -0.39 is 0 Å². The molecule has 6 heteroatoms. The summed E-state index contributed by atoms with van der Waals surface area (Å²) in [5, 5.41) is 14.1. The highest BCUT2D eigenvalue weighted by molar-refractivity contribution is 5.96. The van der Waals surface area contributed by atoms with Gasteiger partial charge in [-0.3, -0.25) is 0 Å². The average Bonchev–Trinajstić information content (AvgIpc) is 2.91. The van der Waals surface area contributed by atoms with Crippen molar-refractivity contribution in [3.05, 3.63) is 54.1 Å². The molecule has 0 spiro atoms. The van der Waals surface area contributed by atoms with Crippen molar-refractivity contribution in [1.82, 2.24) is 19.8 Å². The van der Waals surface area contributed by atoms with Crippen LogP contribution in [0.2, 0.25) is 0 Å². The normalized spacial score (nSPS) is 11.1. The Morgan fingerprint density at radius 1 is 0.955 bits per heavy atom. The summed E-state index contributed by atoms with van der Waals surface area (Å²) in [5.41, 5.74) is 7.61. The Labute approximate surface area is 126 Å². The van der Waals surface area contributed by atoms with Crippen molar-refractivity contribution < 1.29 is 4.74 Å². The molecule has 2 N–H and O–H groups in total. The van der Waals surface area contributed by atoms with Crippen LogP contribution in [0.3, 0.4) is 0 Å². The average molecular weight is 291 g/mol. The van der Waals surface area contributed by atoms with Gasteiger partial charge in [0, 0.05) is 10.8 Å². The third kappa shape index (κ3) is 1.93. The molecule has 4 aromatic rings. The minimum absolute atomic E-state index is 0.231. The summed E-state index contributed by atoms with van der Waals surface area (Å²) in [6.45, 7) is 2.03. The molecule has 4 rings (SSSR count). The molecule has 108 valence electrons. The predicted octanol–water partition coefficient (Wildman–Crippen LogP) is 2.96. The van der Waals surface area contributed by atoms with Gasteiger partial charge in [-0.1, -0.05) is 35.9 Å². The van der Waals surface area contributed by atoms with Crippen molar-refractivity contribution in [2.75, 3.05) is 5.73 Å². The maximum Gasteiger partial charge on any atom is 0.245 e. The largest absolute Gasteiger partial charge is 0.437 e. The van der Waals surface area contributed by atoms with Crippen molar-refractivity contribution >= 4 is 22.4 Å². The van der Waals surface area contributed by atoms with Gasteiger partial charge in [-0.2, -0.15) is 4.52 Å². The highest BCUT2D eigenvalue weighted by Gasteiger charge is 2.13. The van der Waals surface area contributed by atoms with Crippen LogP contribution in [0.5, 0.6) is 11.6 Å². The SMILES string of the molecule is Cc1ccc(Oc2nn3c(N)nnc3c3ccccc23)cc1. The second kappa shape index (κ2) is 4.70. The van der Waals surface area contributed by atoms with Gasteiger partial charge in [-0.25, -0.2) is 0 Å². The zero-order chi connectivity index (χ0) is 15.1. The van der Waals surface area contributed by atoms with Crippen LogP contribution in [0, 0.1) is 6.92 Å². The highest BCUT2D eigenvalue weighted by atomic mass is 16.5. The number of rotatable bonds is 2. The third-order valence-electron chi connectivity index (χ3n) is 3.49. The predicted molar refractivity (Wildman–Crippen MR) is 84.0 cm³/mol. The van der Waals surface area contributed by atoms with Gasteiger partial charge in [-0.15, -0.1) is 15.3 Å². The lowest BCUT2D eigenvalue weighted by Crippen LogP contribution is -2.01. The number of nitrogens with zero attached hydrogens (tertiary/aromatic N) is 4. The first-order valence-corrected chi connectivity index (χ1v) is 6.86. The number of benzene rings is 2. The Morgan fingerprint density at radius 3 is 2.45 bits per heavy atom. The topological polar surface area (TPSA) is 78.3 Å². The summed E-state index contributed by atoms with van der Waals surface area (Å²) in [4.78, 5) is 0. The van der Waals surface area contributed by atoms with Crippen LogP contribution in [0.15, 0.2) is 48.5 Å². The lowest BCUT2D eigenvalue weighted by Gasteiger charge is -2.09. The summed E-state index contributed by atoms with van der Waals surface area (Å²) in [6, 6.07) is 15.5. The van der Waals surface area contributed by atoms with Crippen LogP contribution >= 0.6 is 0 Å². The molecule has 0 aliphatic heterocycles. The van der Waals surface area contributed by atoms with E-state index in [-0.39, 0.29) is 5.95 Å².